The van der Waals surface area contributed by atoms with Gasteiger partial charge in [0.15, 0.2) is 0 Å². The van der Waals surface area contributed by atoms with E-state index in [1.807, 2.05) is 14.0 Å². The van der Waals surface area contributed by atoms with Crippen LogP contribution in [0.3, 0.4) is 0 Å². The van der Waals surface area contributed by atoms with E-state index in [9.17, 15) is 0 Å². The Morgan fingerprint density at radius 3 is 2.88 bits per heavy atom. The van der Waals surface area contributed by atoms with Crippen LogP contribution in [-0.2, 0) is 11.2 Å². The average Bonchev–Trinajstić information content (AvgIpc) is 2.35. The molecule has 94 valence electrons. The van der Waals surface area contributed by atoms with E-state index < -0.39 is 0 Å². The maximum absolute atomic E-state index is 5.71. The Bertz CT molecular complexity index is 392. The molecule has 4 nitrogen and oxygen atoms in total. The molecule has 17 heavy (non-hydrogen) atoms. The second-order valence-electron chi connectivity index (χ2n) is 4.33. The number of aryl methyl sites for hydroxylation is 1. The van der Waals surface area contributed by atoms with Gasteiger partial charge in [-0.05, 0) is 42.1 Å². The summed E-state index contributed by atoms with van der Waals surface area (Å²) in [5, 5.41) is 3.07. The third kappa shape index (κ3) is 3.16. The number of ether oxygens (including phenoxy) is 1. The highest BCUT2D eigenvalue weighted by atomic mass is 79.9. The van der Waals surface area contributed by atoms with Crippen LogP contribution in [0.2, 0.25) is 0 Å². The van der Waals surface area contributed by atoms with Crippen molar-refractivity contribution in [2.45, 2.75) is 38.7 Å². The summed E-state index contributed by atoms with van der Waals surface area (Å²) in [5.41, 5.74) is 0.968. The van der Waals surface area contributed by atoms with Gasteiger partial charge >= 0.3 is 0 Å². The molecule has 1 fully saturated rings. The van der Waals surface area contributed by atoms with E-state index in [1.54, 1.807) is 0 Å². The molecular weight excluding hydrogens is 282 g/mol. The number of anilines is 1. The lowest BCUT2D eigenvalue weighted by Crippen LogP contribution is -2.22. The number of nitrogens with zero attached hydrogens (tertiary/aromatic N) is 2. The van der Waals surface area contributed by atoms with Gasteiger partial charge in [0.1, 0.15) is 11.6 Å². The molecule has 0 amide bonds. The Hall–Kier alpha value is -0.680. The topological polar surface area (TPSA) is 47.0 Å². The molecule has 1 N–H and O–H groups in total. The highest BCUT2D eigenvalue weighted by Crippen LogP contribution is 2.24. The molecule has 0 aromatic carbocycles. The van der Waals surface area contributed by atoms with Crippen LogP contribution in [0.5, 0.6) is 0 Å². The van der Waals surface area contributed by atoms with E-state index in [1.165, 1.54) is 12.8 Å². The normalized spacial score (nSPS) is 20.3. The Labute approximate surface area is 110 Å². The first-order valence-corrected chi connectivity index (χ1v) is 6.82. The van der Waals surface area contributed by atoms with Gasteiger partial charge in [0, 0.05) is 20.1 Å². The third-order valence-corrected chi connectivity index (χ3v) is 3.93. The largest absolute Gasteiger partial charge is 0.378 e. The molecule has 0 aliphatic carbocycles. The molecule has 1 atom stereocenters. The molecule has 5 heteroatoms. The zero-order chi connectivity index (χ0) is 12.3. The van der Waals surface area contributed by atoms with E-state index >= 15 is 0 Å². The van der Waals surface area contributed by atoms with Gasteiger partial charge in [-0.15, -0.1) is 0 Å². The molecule has 0 saturated carbocycles. The molecular formula is C12H18BrN3O. The Morgan fingerprint density at radius 2 is 2.24 bits per heavy atom. The molecule has 2 rings (SSSR count). The standard InChI is InChI=1S/C12H18BrN3O/c1-8-11(13)12(14-2)16-10(15-8)7-9-5-3-4-6-17-9/h9H,3-7H2,1-2H3,(H,14,15,16). The summed E-state index contributed by atoms with van der Waals surface area (Å²) in [6.07, 6.45) is 4.64. The summed E-state index contributed by atoms with van der Waals surface area (Å²) in [5.74, 6) is 1.71. The molecule has 0 bridgehead atoms. The Balaban J connectivity index is 2.12. The van der Waals surface area contributed by atoms with Gasteiger partial charge in [-0.1, -0.05) is 0 Å². The summed E-state index contributed by atoms with van der Waals surface area (Å²) >= 11 is 3.48. The van der Waals surface area contributed by atoms with E-state index in [0.29, 0.717) is 0 Å². The van der Waals surface area contributed by atoms with Crippen LogP contribution in [0.15, 0.2) is 4.47 Å². The van der Waals surface area contributed by atoms with Crippen molar-refractivity contribution in [1.82, 2.24) is 9.97 Å². The second kappa shape index (κ2) is 5.78. The fourth-order valence-corrected chi connectivity index (χ4v) is 2.42. The van der Waals surface area contributed by atoms with Crippen molar-refractivity contribution < 1.29 is 4.74 Å². The number of aromatic nitrogens is 2. The first kappa shape index (κ1) is 12.8. The lowest BCUT2D eigenvalue weighted by Gasteiger charge is -2.22. The number of nitrogens with one attached hydrogen (secondary N) is 1. The van der Waals surface area contributed by atoms with Crippen molar-refractivity contribution in [2.24, 2.45) is 0 Å². The summed E-state index contributed by atoms with van der Waals surface area (Å²) < 4.78 is 6.65. The van der Waals surface area contributed by atoms with Crippen LogP contribution in [0.1, 0.15) is 30.8 Å². The molecule has 1 aliphatic rings. The molecule has 1 aromatic heterocycles. The SMILES string of the molecule is CNc1nc(CC2CCCCO2)nc(C)c1Br. The van der Waals surface area contributed by atoms with Crippen molar-refractivity contribution in [3.8, 4) is 0 Å². The molecule has 0 spiro atoms. The van der Waals surface area contributed by atoms with E-state index in [2.05, 4.69) is 31.2 Å². The summed E-state index contributed by atoms with van der Waals surface area (Å²) in [4.78, 5) is 8.99. The van der Waals surface area contributed by atoms with E-state index in [0.717, 1.165) is 41.3 Å². The van der Waals surface area contributed by atoms with Crippen molar-refractivity contribution in [2.75, 3.05) is 19.0 Å². The van der Waals surface area contributed by atoms with Gasteiger partial charge in [-0.3, -0.25) is 0 Å². The minimum Gasteiger partial charge on any atom is -0.378 e. The summed E-state index contributed by atoms with van der Waals surface area (Å²) in [6, 6.07) is 0. The van der Waals surface area contributed by atoms with Gasteiger partial charge in [-0.25, -0.2) is 9.97 Å². The first-order valence-electron chi connectivity index (χ1n) is 6.03. The molecule has 1 saturated heterocycles. The van der Waals surface area contributed by atoms with Crippen LogP contribution in [0, 0.1) is 6.92 Å². The predicted octanol–water partition coefficient (Wildman–Crippen LogP) is 2.70. The molecule has 1 aromatic rings. The van der Waals surface area contributed by atoms with Crippen LogP contribution >= 0.6 is 15.9 Å². The van der Waals surface area contributed by atoms with Crippen LogP contribution in [0.4, 0.5) is 5.82 Å². The third-order valence-electron chi connectivity index (χ3n) is 2.98. The quantitative estimate of drug-likeness (QED) is 0.932. The predicted molar refractivity (Wildman–Crippen MR) is 71.3 cm³/mol. The van der Waals surface area contributed by atoms with Gasteiger partial charge in [0.05, 0.1) is 16.3 Å². The van der Waals surface area contributed by atoms with Crippen LogP contribution in [-0.4, -0.2) is 29.7 Å². The number of halogens is 1. The minimum absolute atomic E-state index is 0.286. The molecule has 2 heterocycles. The first-order chi connectivity index (χ1) is 8.20. The second-order valence-corrected chi connectivity index (χ2v) is 5.12. The molecule has 1 unspecified atom stereocenters. The number of hydrogen-bond donors (Lipinski definition) is 1. The fraction of sp³-hybridized carbons (Fsp3) is 0.667. The lowest BCUT2D eigenvalue weighted by atomic mass is 10.1. The monoisotopic (exact) mass is 299 g/mol. The zero-order valence-corrected chi connectivity index (χ0v) is 11.9. The summed E-state index contributed by atoms with van der Waals surface area (Å²) in [7, 11) is 1.87. The van der Waals surface area contributed by atoms with Gasteiger partial charge in [-0.2, -0.15) is 0 Å². The van der Waals surface area contributed by atoms with Gasteiger partial charge in [0.25, 0.3) is 0 Å². The van der Waals surface area contributed by atoms with Crippen molar-refractivity contribution in [3.63, 3.8) is 0 Å². The number of hydrogen-bond acceptors (Lipinski definition) is 4. The van der Waals surface area contributed by atoms with Gasteiger partial charge < -0.3 is 10.1 Å². The number of rotatable bonds is 3. The minimum atomic E-state index is 0.286. The summed E-state index contributed by atoms with van der Waals surface area (Å²) in [6.45, 7) is 2.86. The highest BCUT2D eigenvalue weighted by Gasteiger charge is 2.17. The van der Waals surface area contributed by atoms with Crippen LogP contribution in [0.25, 0.3) is 0 Å². The van der Waals surface area contributed by atoms with Crippen molar-refractivity contribution >= 4 is 21.7 Å². The van der Waals surface area contributed by atoms with Crippen molar-refractivity contribution in [3.05, 3.63) is 16.0 Å². The average molecular weight is 300 g/mol. The van der Waals surface area contributed by atoms with E-state index in [4.69, 9.17) is 4.74 Å². The smallest absolute Gasteiger partial charge is 0.144 e. The Morgan fingerprint density at radius 1 is 1.41 bits per heavy atom. The molecule has 1 aliphatic heterocycles. The van der Waals surface area contributed by atoms with E-state index in [-0.39, 0.29) is 6.10 Å². The Kier molecular flexibility index (Phi) is 4.34. The molecule has 0 radical (unpaired) electrons. The van der Waals surface area contributed by atoms with Crippen molar-refractivity contribution in [1.29, 1.82) is 0 Å². The van der Waals surface area contributed by atoms with Crippen LogP contribution < -0.4 is 5.32 Å². The fourth-order valence-electron chi connectivity index (χ4n) is 2.05. The highest BCUT2D eigenvalue weighted by molar-refractivity contribution is 9.10. The zero-order valence-electron chi connectivity index (χ0n) is 10.3. The maximum atomic E-state index is 5.71. The van der Waals surface area contributed by atoms with Gasteiger partial charge in [0.2, 0.25) is 0 Å². The maximum Gasteiger partial charge on any atom is 0.144 e. The lowest BCUT2D eigenvalue weighted by molar-refractivity contribution is 0.0156.